The third-order valence-corrected chi connectivity index (χ3v) is 5.25. The number of hydrogen-bond acceptors (Lipinski definition) is 2. The van der Waals surface area contributed by atoms with E-state index in [1.807, 2.05) is 0 Å². The van der Waals surface area contributed by atoms with Crippen LogP contribution in [0.5, 0.6) is 0 Å². The first-order valence-electron chi connectivity index (χ1n) is 7.16. The molecular formula is C14H29NS. The predicted molar refractivity (Wildman–Crippen MR) is 76.3 cm³/mol. The molecule has 1 aliphatic rings. The van der Waals surface area contributed by atoms with E-state index in [0.29, 0.717) is 0 Å². The van der Waals surface area contributed by atoms with Gasteiger partial charge in [0.1, 0.15) is 0 Å². The molecule has 0 saturated heterocycles. The fourth-order valence-electron chi connectivity index (χ4n) is 2.64. The van der Waals surface area contributed by atoms with Crippen molar-refractivity contribution in [1.29, 1.82) is 0 Å². The van der Waals surface area contributed by atoms with Crippen LogP contribution in [0.1, 0.15) is 59.3 Å². The van der Waals surface area contributed by atoms with E-state index in [2.05, 4.69) is 37.8 Å². The summed E-state index contributed by atoms with van der Waals surface area (Å²) in [6.07, 6.45) is 8.39. The van der Waals surface area contributed by atoms with Crippen molar-refractivity contribution in [1.82, 2.24) is 5.32 Å². The standard InChI is InChI=1S/C14H29NS/c1-4-7-10-16-14-11-12(5-2)8-9-13(14)15-6-3/h12-15H,4-11H2,1-3H3. The maximum atomic E-state index is 3.69. The zero-order chi connectivity index (χ0) is 11.8. The lowest BCUT2D eigenvalue weighted by Gasteiger charge is -2.36. The predicted octanol–water partition coefficient (Wildman–Crippen LogP) is 4.08. The van der Waals surface area contributed by atoms with Crippen LogP contribution in [0.25, 0.3) is 0 Å². The molecule has 3 unspecified atom stereocenters. The Hall–Kier alpha value is 0.310. The van der Waals surface area contributed by atoms with Crippen molar-refractivity contribution in [3.05, 3.63) is 0 Å². The van der Waals surface area contributed by atoms with Crippen molar-refractivity contribution in [3.8, 4) is 0 Å². The topological polar surface area (TPSA) is 12.0 Å². The molecule has 0 radical (unpaired) electrons. The average Bonchev–Trinajstić information content (AvgIpc) is 2.31. The lowest BCUT2D eigenvalue weighted by atomic mass is 9.84. The van der Waals surface area contributed by atoms with E-state index in [0.717, 1.165) is 23.8 Å². The first-order valence-corrected chi connectivity index (χ1v) is 8.21. The molecule has 0 aromatic rings. The quantitative estimate of drug-likeness (QED) is 0.676. The zero-order valence-electron chi connectivity index (χ0n) is 11.3. The minimum Gasteiger partial charge on any atom is -0.313 e. The van der Waals surface area contributed by atoms with Gasteiger partial charge >= 0.3 is 0 Å². The van der Waals surface area contributed by atoms with E-state index < -0.39 is 0 Å². The second-order valence-electron chi connectivity index (χ2n) is 5.01. The molecule has 0 aromatic carbocycles. The third-order valence-electron chi connectivity index (χ3n) is 3.77. The monoisotopic (exact) mass is 243 g/mol. The van der Waals surface area contributed by atoms with Crippen LogP contribution in [0.2, 0.25) is 0 Å². The smallest absolute Gasteiger partial charge is 0.0203 e. The van der Waals surface area contributed by atoms with Crippen LogP contribution in [0, 0.1) is 5.92 Å². The van der Waals surface area contributed by atoms with Crippen LogP contribution in [0.15, 0.2) is 0 Å². The highest BCUT2D eigenvalue weighted by Gasteiger charge is 2.29. The maximum absolute atomic E-state index is 3.69. The van der Waals surface area contributed by atoms with Gasteiger partial charge in [0, 0.05) is 11.3 Å². The number of hydrogen-bond donors (Lipinski definition) is 1. The summed E-state index contributed by atoms with van der Waals surface area (Å²) in [6, 6.07) is 0.787. The molecule has 0 spiro atoms. The van der Waals surface area contributed by atoms with Crippen molar-refractivity contribution in [2.45, 2.75) is 70.6 Å². The lowest BCUT2D eigenvalue weighted by molar-refractivity contribution is 0.298. The molecule has 1 N–H and O–H groups in total. The van der Waals surface area contributed by atoms with E-state index >= 15 is 0 Å². The number of unbranched alkanes of at least 4 members (excludes halogenated alkanes) is 1. The fraction of sp³-hybridized carbons (Fsp3) is 1.00. The minimum absolute atomic E-state index is 0.787. The van der Waals surface area contributed by atoms with Crippen molar-refractivity contribution in [2.75, 3.05) is 12.3 Å². The molecule has 0 amide bonds. The van der Waals surface area contributed by atoms with Gasteiger partial charge in [0.05, 0.1) is 0 Å². The first kappa shape index (κ1) is 14.4. The molecule has 1 aliphatic carbocycles. The Bertz CT molecular complexity index is 172. The molecule has 0 heterocycles. The summed E-state index contributed by atoms with van der Waals surface area (Å²) < 4.78 is 0. The van der Waals surface area contributed by atoms with Crippen LogP contribution in [0.3, 0.4) is 0 Å². The van der Waals surface area contributed by atoms with E-state index in [1.54, 1.807) is 0 Å². The van der Waals surface area contributed by atoms with Gasteiger partial charge in [-0.25, -0.2) is 0 Å². The number of thioether (sulfide) groups is 1. The van der Waals surface area contributed by atoms with Crippen molar-refractivity contribution in [2.24, 2.45) is 5.92 Å². The Labute approximate surface area is 106 Å². The van der Waals surface area contributed by atoms with E-state index in [4.69, 9.17) is 0 Å². The van der Waals surface area contributed by atoms with Gasteiger partial charge in [-0.15, -0.1) is 0 Å². The summed E-state index contributed by atoms with van der Waals surface area (Å²) in [6.45, 7) is 8.01. The van der Waals surface area contributed by atoms with Crippen molar-refractivity contribution in [3.63, 3.8) is 0 Å². The molecule has 16 heavy (non-hydrogen) atoms. The first-order chi connectivity index (χ1) is 7.81. The van der Waals surface area contributed by atoms with Crippen LogP contribution in [-0.4, -0.2) is 23.6 Å². The van der Waals surface area contributed by atoms with Gasteiger partial charge in [0.25, 0.3) is 0 Å². The second kappa shape index (κ2) is 8.41. The molecule has 2 heteroatoms. The van der Waals surface area contributed by atoms with Gasteiger partial charge in [-0.05, 0) is 43.9 Å². The molecule has 1 fully saturated rings. The van der Waals surface area contributed by atoms with Crippen LogP contribution < -0.4 is 5.32 Å². The third kappa shape index (κ3) is 4.67. The maximum Gasteiger partial charge on any atom is 0.0203 e. The molecule has 96 valence electrons. The van der Waals surface area contributed by atoms with Gasteiger partial charge in [0.15, 0.2) is 0 Å². The number of nitrogens with one attached hydrogen (secondary N) is 1. The zero-order valence-corrected chi connectivity index (χ0v) is 12.1. The number of rotatable bonds is 7. The van der Waals surface area contributed by atoms with Crippen LogP contribution in [-0.2, 0) is 0 Å². The largest absolute Gasteiger partial charge is 0.313 e. The Balaban J connectivity index is 2.37. The van der Waals surface area contributed by atoms with Crippen molar-refractivity contribution < 1.29 is 0 Å². The summed E-state index contributed by atoms with van der Waals surface area (Å²) in [7, 11) is 0. The highest BCUT2D eigenvalue weighted by atomic mass is 32.2. The van der Waals surface area contributed by atoms with Gasteiger partial charge in [-0.3, -0.25) is 0 Å². The summed E-state index contributed by atoms with van der Waals surface area (Å²) in [5.74, 6) is 2.36. The molecule has 1 nitrogen and oxygen atoms in total. The molecule has 3 atom stereocenters. The van der Waals surface area contributed by atoms with E-state index in [9.17, 15) is 0 Å². The van der Waals surface area contributed by atoms with E-state index in [1.165, 1.54) is 44.3 Å². The second-order valence-corrected chi connectivity index (χ2v) is 6.36. The highest BCUT2D eigenvalue weighted by molar-refractivity contribution is 7.99. The van der Waals surface area contributed by atoms with Crippen LogP contribution in [0.4, 0.5) is 0 Å². The van der Waals surface area contributed by atoms with Gasteiger partial charge in [0.2, 0.25) is 0 Å². The van der Waals surface area contributed by atoms with Crippen molar-refractivity contribution >= 4 is 11.8 Å². The Morgan fingerprint density at radius 2 is 2.00 bits per heavy atom. The summed E-state index contributed by atoms with van der Waals surface area (Å²) in [4.78, 5) is 0. The molecule has 1 saturated carbocycles. The SMILES string of the molecule is CCCCSC1CC(CC)CCC1NCC. The lowest BCUT2D eigenvalue weighted by Crippen LogP contribution is -2.42. The molecule has 0 bridgehead atoms. The summed E-state index contributed by atoms with van der Waals surface area (Å²) in [5, 5.41) is 4.57. The van der Waals surface area contributed by atoms with Gasteiger partial charge in [-0.1, -0.05) is 33.6 Å². The Morgan fingerprint density at radius 3 is 2.62 bits per heavy atom. The summed E-state index contributed by atoms with van der Waals surface area (Å²) in [5.41, 5.74) is 0. The minimum atomic E-state index is 0.787. The van der Waals surface area contributed by atoms with Crippen LogP contribution >= 0.6 is 11.8 Å². The average molecular weight is 243 g/mol. The molecule has 0 aliphatic heterocycles. The van der Waals surface area contributed by atoms with Gasteiger partial charge < -0.3 is 5.32 Å². The Morgan fingerprint density at radius 1 is 1.19 bits per heavy atom. The molecule has 0 aromatic heterocycles. The summed E-state index contributed by atoms with van der Waals surface area (Å²) >= 11 is 2.23. The van der Waals surface area contributed by atoms with Gasteiger partial charge in [-0.2, -0.15) is 11.8 Å². The fourth-order valence-corrected chi connectivity index (χ4v) is 4.27. The normalized spacial score (nSPS) is 30.6. The van der Waals surface area contributed by atoms with E-state index in [-0.39, 0.29) is 0 Å². The molecule has 1 rings (SSSR count). The Kier molecular flexibility index (Phi) is 7.55. The highest BCUT2D eigenvalue weighted by Crippen LogP contribution is 2.34. The molecular weight excluding hydrogens is 214 g/mol.